The van der Waals surface area contributed by atoms with Gasteiger partial charge in [0.2, 0.25) is 0 Å². The number of hydrogen-bond donors (Lipinski definition) is 0. The van der Waals surface area contributed by atoms with Crippen LogP contribution in [-0.2, 0) is 0 Å². The monoisotopic (exact) mass is 1560 g/mol. The Morgan fingerprint density at radius 1 is 0.140 bits per heavy atom. The first-order valence-electron chi connectivity index (χ1n) is 41.2. The highest BCUT2D eigenvalue weighted by Gasteiger charge is 2.25. The number of para-hydroxylation sites is 9. The van der Waals surface area contributed by atoms with Crippen LogP contribution in [0.2, 0.25) is 0 Å². The van der Waals surface area contributed by atoms with E-state index in [2.05, 4.69) is 514 Å². The van der Waals surface area contributed by atoms with E-state index in [1.165, 1.54) is 86.0 Å². The number of nitrogens with zero attached hydrogens (tertiary/aromatic N) is 6. The molecule has 0 aliphatic carbocycles. The molecule has 3 aromatic heterocycles. The van der Waals surface area contributed by atoms with E-state index in [0.29, 0.717) is 0 Å². The third-order valence-electron chi connectivity index (χ3n) is 23.0. The summed E-state index contributed by atoms with van der Waals surface area (Å²) in [7, 11) is 0. The molecule has 3 heterocycles. The zero-order chi connectivity index (χ0) is 80.4. The molecule has 0 unspecified atom stereocenters. The van der Waals surface area contributed by atoms with Gasteiger partial charge in [-0.3, -0.25) is 0 Å². The van der Waals surface area contributed by atoms with Crippen molar-refractivity contribution >= 4 is 143 Å². The first kappa shape index (κ1) is 72.9. The van der Waals surface area contributed by atoms with Crippen molar-refractivity contribution in [1.29, 1.82) is 0 Å². The van der Waals surface area contributed by atoms with Crippen molar-refractivity contribution in [2.45, 2.75) is 0 Å². The number of rotatable bonds is 18. The van der Waals surface area contributed by atoms with Crippen LogP contribution >= 0.6 is 11.3 Å². The molecule has 22 rings (SSSR count). The van der Waals surface area contributed by atoms with Crippen LogP contribution in [-0.4, -0.2) is 9.13 Å². The summed E-state index contributed by atoms with van der Waals surface area (Å²) >= 11 is 1.85. The maximum absolute atomic E-state index is 2.42. The minimum Gasteiger partial charge on any atom is -0.310 e. The highest BCUT2D eigenvalue weighted by atomic mass is 32.1. The molecule has 6 nitrogen and oxygen atoms in total. The summed E-state index contributed by atoms with van der Waals surface area (Å²) in [5, 5.41) is 7.48. The first-order chi connectivity index (χ1) is 60.0. The molecule has 572 valence electrons. The molecule has 0 fully saturated rings. The Hall–Kier alpha value is -15.8. The Morgan fingerprint density at radius 2 is 0.405 bits per heavy atom. The topological polar surface area (TPSA) is 22.8 Å². The SMILES string of the molecule is c1ccc(-c2ccc(N(c3ccccc3)c3cc(-c4ccc5c6ccccc6n(-c6ccccc6)c5c4)cc(N(c4ccccc4)c4ccc5sc6ccccc6c5c4)c3)cc2)cc1.c1ccc(-c2ccc(N(c3ccccc3)c3cc(-c4ccc5c6ccccc6n(-c6ccccc6)c5c4)cc(N(c4ccccc4)c4ccccc4)c3)cc2)cc1. The summed E-state index contributed by atoms with van der Waals surface area (Å²) in [6.07, 6.45) is 0. The molecule has 22 aromatic rings. The Morgan fingerprint density at radius 3 is 0.777 bits per heavy atom. The Balaban J connectivity index is 0.000000150. The van der Waals surface area contributed by atoms with Crippen molar-refractivity contribution in [3.05, 3.63) is 485 Å². The Labute approximate surface area is 708 Å². The first-order valence-corrected chi connectivity index (χ1v) is 42.0. The van der Waals surface area contributed by atoms with Gasteiger partial charge in [-0.05, 0) is 239 Å². The summed E-state index contributed by atoms with van der Waals surface area (Å²) < 4.78 is 7.37. The fourth-order valence-electron chi connectivity index (χ4n) is 17.4. The average molecular weight is 1570 g/mol. The molecule has 19 aromatic carbocycles. The van der Waals surface area contributed by atoms with E-state index in [1.54, 1.807) is 0 Å². The maximum Gasteiger partial charge on any atom is 0.0547 e. The number of anilines is 12. The molecule has 0 amide bonds. The lowest BCUT2D eigenvalue weighted by Gasteiger charge is -2.30. The molecule has 0 aliphatic heterocycles. The smallest absolute Gasteiger partial charge is 0.0547 e. The highest BCUT2D eigenvalue weighted by molar-refractivity contribution is 7.25. The zero-order valence-corrected chi connectivity index (χ0v) is 67.1. The highest BCUT2D eigenvalue weighted by Crippen LogP contribution is 2.49. The predicted molar refractivity (Wildman–Crippen MR) is 515 cm³/mol. The van der Waals surface area contributed by atoms with Crippen LogP contribution in [0.15, 0.2) is 485 Å². The van der Waals surface area contributed by atoms with Gasteiger partial charge in [-0.15, -0.1) is 11.3 Å². The van der Waals surface area contributed by atoms with E-state index < -0.39 is 0 Å². The van der Waals surface area contributed by atoms with Gasteiger partial charge in [-0.2, -0.15) is 0 Å². The average Bonchev–Trinajstić information content (AvgIpc) is 1.65. The Bertz CT molecular complexity index is 7370. The standard InChI is InChI=1S/C60H41N3S.C54H39N3/c1-5-17-42(18-6-1)43-29-32-49(33-30-43)61(46-19-7-2-8-20-46)51-37-45(44-31-35-54-53-25-13-15-27-57(53)63(58(54)39-44)48-23-11-4-12-24-48)38-52(40-51)62(47-21-9-3-10-22-47)50-34-36-60-56(41-50)55-26-14-16-28-59(55)64-60;1-6-18-40(19-7-1)41-30-33-48(34-31-41)56(46-24-12-4-13-25-46)50-37-43(36-49(39-50)55(44-20-8-2-9-21-44)45-22-10-3-11-23-45)42-32-35-52-51-28-16-17-29-53(51)57(54(52)38-42)47-26-14-5-15-27-47/h1-41H;1-39H. The molecular weight excluding hydrogens is 1490 g/mol. The van der Waals surface area contributed by atoms with Gasteiger partial charge < -0.3 is 28.7 Å². The molecule has 7 heteroatoms. The zero-order valence-electron chi connectivity index (χ0n) is 66.3. The van der Waals surface area contributed by atoms with Crippen LogP contribution in [0, 0.1) is 0 Å². The molecule has 0 saturated carbocycles. The summed E-state index contributed by atoms with van der Waals surface area (Å²) in [5.41, 5.74) is 29.2. The summed E-state index contributed by atoms with van der Waals surface area (Å²) in [6.45, 7) is 0. The number of aromatic nitrogens is 2. The van der Waals surface area contributed by atoms with E-state index in [9.17, 15) is 0 Å². The third kappa shape index (κ3) is 14.3. The van der Waals surface area contributed by atoms with Crippen LogP contribution in [0.5, 0.6) is 0 Å². The lowest BCUT2D eigenvalue weighted by Crippen LogP contribution is -2.13. The van der Waals surface area contributed by atoms with Crippen LogP contribution < -0.4 is 19.6 Å². The number of benzene rings is 19. The van der Waals surface area contributed by atoms with Crippen molar-refractivity contribution in [1.82, 2.24) is 9.13 Å². The van der Waals surface area contributed by atoms with E-state index in [-0.39, 0.29) is 0 Å². The van der Waals surface area contributed by atoms with Gasteiger partial charge in [-0.1, -0.05) is 291 Å². The number of fused-ring (bicyclic) bond motifs is 9. The fraction of sp³-hybridized carbons (Fsp3) is 0. The second kappa shape index (κ2) is 32.4. The van der Waals surface area contributed by atoms with Crippen molar-refractivity contribution in [3.63, 3.8) is 0 Å². The van der Waals surface area contributed by atoms with Gasteiger partial charge in [-0.25, -0.2) is 0 Å². The minimum absolute atomic E-state index is 1.05. The largest absolute Gasteiger partial charge is 0.310 e. The minimum atomic E-state index is 1.05. The Kier molecular flexibility index (Phi) is 19.5. The van der Waals surface area contributed by atoms with Crippen molar-refractivity contribution in [2.24, 2.45) is 0 Å². The van der Waals surface area contributed by atoms with Crippen LogP contribution in [0.4, 0.5) is 68.2 Å². The normalized spacial score (nSPS) is 11.3. The molecule has 0 bridgehead atoms. The molecule has 121 heavy (non-hydrogen) atoms. The van der Waals surface area contributed by atoms with Gasteiger partial charge >= 0.3 is 0 Å². The van der Waals surface area contributed by atoms with E-state index in [0.717, 1.165) is 102 Å². The van der Waals surface area contributed by atoms with Crippen LogP contribution in [0.1, 0.15) is 0 Å². The van der Waals surface area contributed by atoms with Gasteiger partial charge in [0.05, 0.1) is 22.1 Å². The summed E-state index contributed by atoms with van der Waals surface area (Å²) in [4.78, 5) is 9.53. The van der Waals surface area contributed by atoms with Crippen LogP contribution in [0.3, 0.4) is 0 Å². The lowest BCUT2D eigenvalue weighted by molar-refractivity contribution is 1.18. The number of thiophene rings is 1. The lowest BCUT2D eigenvalue weighted by atomic mass is 10.00. The third-order valence-corrected chi connectivity index (χ3v) is 24.2. The van der Waals surface area contributed by atoms with E-state index in [1.807, 2.05) is 11.3 Å². The van der Waals surface area contributed by atoms with E-state index >= 15 is 0 Å². The van der Waals surface area contributed by atoms with Gasteiger partial charge in [0, 0.05) is 121 Å². The molecule has 0 radical (unpaired) electrons. The van der Waals surface area contributed by atoms with Crippen molar-refractivity contribution in [2.75, 3.05) is 19.6 Å². The number of hydrogen-bond acceptors (Lipinski definition) is 5. The predicted octanol–water partition coefficient (Wildman–Crippen LogP) is 32.5. The van der Waals surface area contributed by atoms with E-state index in [4.69, 9.17) is 0 Å². The van der Waals surface area contributed by atoms with Crippen molar-refractivity contribution < 1.29 is 0 Å². The second-order valence-electron chi connectivity index (χ2n) is 30.4. The molecule has 0 atom stereocenters. The summed E-state index contributed by atoms with van der Waals surface area (Å²) in [5.74, 6) is 0. The van der Waals surface area contributed by atoms with Gasteiger partial charge in [0.1, 0.15) is 0 Å². The molecule has 0 saturated heterocycles. The van der Waals surface area contributed by atoms with Gasteiger partial charge in [0.15, 0.2) is 0 Å². The molecule has 0 N–H and O–H groups in total. The molecule has 0 spiro atoms. The van der Waals surface area contributed by atoms with Crippen molar-refractivity contribution in [3.8, 4) is 55.9 Å². The second-order valence-corrected chi connectivity index (χ2v) is 31.5. The fourth-order valence-corrected chi connectivity index (χ4v) is 18.5. The van der Waals surface area contributed by atoms with Gasteiger partial charge in [0.25, 0.3) is 0 Å². The molecule has 0 aliphatic rings. The molecular formula is C114H80N6S. The maximum atomic E-state index is 2.42. The summed E-state index contributed by atoms with van der Waals surface area (Å²) in [6, 6.07) is 175. The van der Waals surface area contributed by atoms with Crippen LogP contribution in [0.25, 0.3) is 120 Å². The quantitative estimate of drug-likeness (QED) is 0.0854.